The summed E-state index contributed by atoms with van der Waals surface area (Å²) in [5.74, 6) is 0. The van der Waals surface area contributed by atoms with Gasteiger partial charge in [0.05, 0.1) is 5.69 Å². The summed E-state index contributed by atoms with van der Waals surface area (Å²) < 4.78 is 0. The molecular formula is C10H19N3S. The Morgan fingerprint density at radius 2 is 2.21 bits per heavy atom. The van der Waals surface area contributed by atoms with Gasteiger partial charge in [0.15, 0.2) is 0 Å². The van der Waals surface area contributed by atoms with Crippen LogP contribution in [-0.2, 0) is 13.0 Å². The van der Waals surface area contributed by atoms with E-state index in [1.54, 1.807) is 11.3 Å². The third kappa shape index (κ3) is 4.17. The van der Waals surface area contributed by atoms with Crippen LogP contribution < -0.4 is 5.73 Å². The molecule has 0 aliphatic rings. The number of rotatable bonds is 6. The van der Waals surface area contributed by atoms with Crippen molar-refractivity contribution in [1.82, 2.24) is 9.88 Å². The largest absolute Gasteiger partial charge is 0.330 e. The predicted octanol–water partition coefficient (Wildman–Crippen LogP) is 1.49. The first kappa shape index (κ1) is 11.6. The minimum Gasteiger partial charge on any atom is -0.330 e. The van der Waals surface area contributed by atoms with Crippen molar-refractivity contribution in [3.8, 4) is 0 Å². The molecule has 0 atom stereocenters. The zero-order valence-electron chi connectivity index (χ0n) is 8.99. The van der Waals surface area contributed by atoms with Crippen molar-refractivity contribution in [1.29, 1.82) is 0 Å². The fourth-order valence-electron chi connectivity index (χ4n) is 1.26. The Bertz CT molecular complexity index is 258. The van der Waals surface area contributed by atoms with E-state index in [1.165, 1.54) is 10.7 Å². The molecule has 2 N–H and O–H groups in total. The zero-order valence-corrected chi connectivity index (χ0v) is 9.81. The summed E-state index contributed by atoms with van der Waals surface area (Å²) >= 11 is 1.75. The molecule has 0 aromatic carbocycles. The van der Waals surface area contributed by atoms with E-state index < -0.39 is 0 Å². The van der Waals surface area contributed by atoms with Crippen molar-refractivity contribution in [2.45, 2.75) is 25.8 Å². The molecule has 1 aromatic heterocycles. The van der Waals surface area contributed by atoms with Crippen LogP contribution in [0.5, 0.6) is 0 Å². The molecule has 3 nitrogen and oxygen atoms in total. The highest BCUT2D eigenvalue weighted by atomic mass is 32.1. The quantitative estimate of drug-likeness (QED) is 0.728. The van der Waals surface area contributed by atoms with Crippen LogP contribution in [0, 0.1) is 0 Å². The third-order valence-corrected chi connectivity index (χ3v) is 2.82. The van der Waals surface area contributed by atoms with Gasteiger partial charge in [-0.25, -0.2) is 4.98 Å². The summed E-state index contributed by atoms with van der Waals surface area (Å²) in [5, 5.41) is 3.37. The van der Waals surface area contributed by atoms with Crippen molar-refractivity contribution in [2.75, 3.05) is 20.6 Å². The van der Waals surface area contributed by atoms with Crippen LogP contribution in [0.25, 0.3) is 0 Å². The number of nitrogens with two attached hydrogens (primary N) is 1. The Morgan fingerprint density at radius 1 is 1.43 bits per heavy atom. The van der Waals surface area contributed by atoms with E-state index in [0.717, 1.165) is 32.4 Å². The Balaban J connectivity index is 2.35. The first-order chi connectivity index (χ1) is 6.72. The van der Waals surface area contributed by atoms with Gasteiger partial charge >= 0.3 is 0 Å². The molecule has 0 saturated heterocycles. The Morgan fingerprint density at radius 3 is 2.86 bits per heavy atom. The molecule has 0 amide bonds. The first-order valence-corrected chi connectivity index (χ1v) is 5.88. The van der Waals surface area contributed by atoms with Crippen LogP contribution >= 0.6 is 11.3 Å². The summed E-state index contributed by atoms with van der Waals surface area (Å²) in [6, 6.07) is 0. The molecule has 4 heteroatoms. The number of aryl methyl sites for hydroxylation is 1. The lowest BCUT2D eigenvalue weighted by atomic mass is 10.2. The average Bonchev–Trinajstić information content (AvgIpc) is 2.52. The van der Waals surface area contributed by atoms with Gasteiger partial charge in [0, 0.05) is 11.9 Å². The highest BCUT2D eigenvalue weighted by Gasteiger charge is 2.02. The second-order valence-corrected chi connectivity index (χ2v) is 4.66. The fraction of sp³-hybridized carbons (Fsp3) is 0.700. The van der Waals surface area contributed by atoms with E-state index >= 15 is 0 Å². The minimum absolute atomic E-state index is 0.786. The summed E-state index contributed by atoms with van der Waals surface area (Å²) in [6.07, 6.45) is 3.32. The number of aromatic nitrogens is 1. The van der Waals surface area contributed by atoms with E-state index in [9.17, 15) is 0 Å². The molecule has 80 valence electrons. The maximum Gasteiger partial charge on any atom is 0.107 e. The fourth-order valence-corrected chi connectivity index (χ4v) is 2.20. The van der Waals surface area contributed by atoms with Gasteiger partial charge in [-0.2, -0.15) is 0 Å². The zero-order chi connectivity index (χ0) is 10.4. The first-order valence-electron chi connectivity index (χ1n) is 5.00. The van der Waals surface area contributed by atoms with E-state index in [-0.39, 0.29) is 0 Å². The van der Waals surface area contributed by atoms with E-state index in [0.29, 0.717) is 0 Å². The highest BCUT2D eigenvalue weighted by molar-refractivity contribution is 7.09. The standard InChI is InChI=1S/C10H19N3S/c1-13(2)7-10-12-9(8-14-10)5-3-4-6-11/h8H,3-7,11H2,1-2H3. The van der Waals surface area contributed by atoms with Crippen molar-refractivity contribution >= 4 is 11.3 Å². The van der Waals surface area contributed by atoms with Crippen LogP contribution in [-0.4, -0.2) is 30.5 Å². The van der Waals surface area contributed by atoms with Crippen molar-refractivity contribution in [2.24, 2.45) is 5.73 Å². The minimum atomic E-state index is 0.786. The Kier molecular flexibility index (Phi) is 5.07. The maximum absolute atomic E-state index is 5.44. The molecule has 0 unspecified atom stereocenters. The Hall–Kier alpha value is -0.450. The molecule has 1 rings (SSSR count). The monoisotopic (exact) mass is 213 g/mol. The highest BCUT2D eigenvalue weighted by Crippen LogP contribution is 2.12. The number of thiazole rings is 1. The van der Waals surface area contributed by atoms with Crippen LogP contribution in [0.3, 0.4) is 0 Å². The van der Waals surface area contributed by atoms with Gasteiger partial charge in [-0.3, -0.25) is 0 Å². The van der Waals surface area contributed by atoms with E-state index in [1.807, 2.05) is 0 Å². The average molecular weight is 213 g/mol. The molecule has 1 aromatic rings. The number of nitrogens with zero attached hydrogens (tertiary/aromatic N) is 2. The molecule has 0 fully saturated rings. The molecular weight excluding hydrogens is 194 g/mol. The topological polar surface area (TPSA) is 42.2 Å². The SMILES string of the molecule is CN(C)Cc1nc(CCCCN)cs1. The van der Waals surface area contributed by atoms with Gasteiger partial charge in [-0.15, -0.1) is 11.3 Å². The number of unbranched alkanes of at least 4 members (excludes halogenated alkanes) is 1. The number of hydrogen-bond donors (Lipinski definition) is 1. The second kappa shape index (κ2) is 6.11. The molecule has 0 radical (unpaired) electrons. The van der Waals surface area contributed by atoms with Crippen molar-refractivity contribution < 1.29 is 0 Å². The van der Waals surface area contributed by atoms with Gasteiger partial charge in [0.1, 0.15) is 5.01 Å². The summed E-state index contributed by atoms with van der Waals surface area (Å²) in [4.78, 5) is 6.70. The van der Waals surface area contributed by atoms with Crippen molar-refractivity contribution in [3.05, 3.63) is 16.1 Å². The lowest BCUT2D eigenvalue weighted by Crippen LogP contribution is -2.10. The lowest BCUT2D eigenvalue weighted by Gasteiger charge is -2.04. The van der Waals surface area contributed by atoms with Crippen LogP contribution in [0.4, 0.5) is 0 Å². The van der Waals surface area contributed by atoms with Gasteiger partial charge in [-0.05, 0) is 39.9 Å². The molecule has 0 bridgehead atoms. The summed E-state index contributed by atoms with van der Waals surface area (Å²) in [6.45, 7) is 1.73. The van der Waals surface area contributed by atoms with Gasteiger partial charge in [-0.1, -0.05) is 0 Å². The van der Waals surface area contributed by atoms with Gasteiger partial charge in [0.25, 0.3) is 0 Å². The van der Waals surface area contributed by atoms with Crippen LogP contribution in [0.2, 0.25) is 0 Å². The van der Waals surface area contributed by atoms with Crippen LogP contribution in [0.1, 0.15) is 23.5 Å². The predicted molar refractivity (Wildman–Crippen MR) is 61.5 cm³/mol. The lowest BCUT2D eigenvalue weighted by molar-refractivity contribution is 0.401. The molecule has 1 heterocycles. The van der Waals surface area contributed by atoms with Gasteiger partial charge in [0.2, 0.25) is 0 Å². The Labute approximate surface area is 89.9 Å². The second-order valence-electron chi connectivity index (χ2n) is 3.72. The maximum atomic E-state index is 5.44. The molecule has 0 saturated carbocycles. The molecule has 14 heavy (non-hydrogen) atoms. The summed E-state index contributed by atoms with van der Waals surface area (Å²) in [5.41, 5.74) is 6.66. The molecule has 0 spiro atoms. The molecule has 0 aliphatic heterocycles. The summed E-state index contributed by atoms with van der Waals surface area (Å²) in [7, 11) is 4.13. The van der Waals surface area contributed by atoms with E-state index in [2.05, 4.69) is 29.4 Å². The smallest absolute Gasteiger partial charge is 0.107 e. The van der Waals surface area contributed by atoms with Crippen LogP contribution in [0.15, 0.2) is 5.38 Å². The normalized spacial score (nSPS) is 11.1. The third-order valence-electron chi connectivity index (χ3n) is 1.94. The van der Waals surface area contributed by atoms with Gasteiger partial charge < -0.3 is 10.6 Å². The molecule has 0 aliphatic carbocycles. The van der Waals surface area contributed by atoms with E-state index in [4.69, 9.17) is 5.73 Å². The van der Waals surface area contributed by atoms with Crippen molar-refractivity contribution in [3.63, 3.8) is 0 Å². The number of hydrogen-bond acceptors (Lipinski definition) is 4.